The highest BCUT2D eigenvalue weighted by Crippen LogP contribution is 2.34. The number of β-lactam (4-membered cyclic amide) rings is 1. The predicted octanol–water partition coefficient (Wildman–Crippen LogP) is 2.71. The van der Waals surface area contributed by atoms with Gasteiger partial charge in [-0.2, -0.15) is 0 Å². The molecule has 0 bridgehead atoms. The third-order valence-electron chi connectivity index (χ3n) is 4.02. The maximum Gasteiger partial charge on any atom is 0.247 e. The average molecular weight is 350 g/mol. The van der Waals surface area contributed by atoms with Crippen LogP contribution in [0.15, 0.2) is 54.6 Å². The van der Waals surface area contributed by atoms with E-state index in [0.717, 1.165) is 11.8 Å². The Morgan fingerprint density at radius 3 is 2.22 bits per heavy atom. The number of halogens is 1. The smallest absolute Gasteiger partial charge is 0.247 e. The number of nitrogens with zero attached hydrogens (tertiary/aromatic N) is 1. The number of carbonyl (C=O) groups is 1. The van der Waals surface area contributed by atoms with E-state index >= 15 is 0 Å². The molecule has 3 rings (SSSR count). The Balaban J connectivity index is 1.94. The fourth-order valence-electron chi connectivity index (χ4n) is 2.96. The number of rotatable bonds is 4. The normalized spacial score (nSPS) is 21.1. The molecule has 1 fully saturated rings. The number of benzene rings is 2. The van der Waals surface area contributed by atoms with Crippen LogP contribution in [0.25, 0.3) is 0 Å². The van der Waals surface area contributed by atoms with Crippen LogP contribution in [0.4, 0.5) is 5.69 Å². The van der Waals surface area contributed by atoms with Crippen molar-refractivity contribution >= 4 is 33.0 Å². The van der Waals surface area contributed by atoms with E-state index in [2.05, 4.69) is 0 Å². The number of anilines is 1. The van der Waals surface area contributed by atoms with Crippen LogP contribution in [0.1, 0.15) is 5.56 Å². The molecule has 6 heteroatoms. The third kappa shape index (κ3) is 3.12. The lowest BCUT2D eigenvalue weighted by Crippen LogP contribution is -2.68. The van der Waals surface area contributed by atoms with Crippen molar-refractivity contribution < 1.29 is 13.2 Å². The van der Waals surface area contributed by atoms with Gasteiger partial charge in [-0.1, -0.05) is 41.9 Å². The maximum atomic E-state index is 12.4. The number of hydrogen-bond donors (Lipinski definition) is 0. The second kappa shape index (κ2) is 5.98. The van der Waals surface area contributed by atoms with Gasteiger partial charge in [-0.15, -0.1) is 0 Å². The molecule has 0 spiro atoms. The summed E-state index contributed by atoms with van der Waals surface area (Å²) in [6.07, 6.45) is 1.61. The fourth-order valence-corrected chi connectivity index (χ4v) is 4.36. The van der Waals surface area contributed by atoms with E-state index in [0.29, 0.717) is 17.1 Å². The Morgan fingerprint density at radius 2 is 1.65 bits per heavy atom. The van der Waals surface area contributed by atoms with Gasteiger partial charge in [-0.3, -0.25) is 4.79 Å². The second-order valence-corrected chi connectivity index (χ2v) is 8.30. The zero-order valence-electron chi connectivity index (χ0n) is 12.5. The Hall–Kier alpha value is -1.85. The number of sulfone groups is 1. The first-order chi connectivity index (χ1) is 10.9. The minimum absolute atomic E-state index is 0.379. The van der Waals surface area contributed by atoms with Crippen LogP contribution in [-0.2, 0) is 21.1 Å². The molecule has 2 atom stereocenters. The zero-order valence-corrected chi connectivity index (χ0v) is 14.1. The van der Waals surface area contributed by atoms with Gasteiger partial charge in [0, 0.05) is 17.0 Å². The summed E-state index contributed by atoms with van der Waals surface area (Å²) < 4.78 is 24.0. The second-order valence-electron chi connectivity index (χ2n) is 5.69. The molecule has 0 aliphatic carbocycles. The number of hydrogen-bond acceptors (Lipinski definition) is 3. The van der Waals surface area contributed by atoms with E-state index in [1.807, 2.05) is 30.3 Å². The summed E-state index contributed by atoms with van der Waals surface area (Å²) in [5.74, 6) is -0.379. The molecule has 0 radical (unpaired) electrons. The summed E-state index contributed by atoms with van der Waals surface area (Å²) in [6, 6.07) is 16.0. The molecule has 2 aromatic carbocycles. The molecule has 1 aliphatic heterocycles. The van der Waals surface area contributed by atoms with E-state index in [4.69, 9.17) is 11.6 Å². The summed E-state index contributed by atoms with van der Waals surface area (Å²) in [4.78, 5) is 14.0. The topological polar surface area (TPSA) is 54.5 Å². The average Bonchev–Trinajstić information content (AvgIpc) is 2.48. The summed E-state index contributed by atoms with van der Waals surface area (Å²) in [6.45, 7) is 0. The molecule has 1 aliphatic rings. The van der Waals surface area contributed by atoms with E-state index in [1.165, 1.54) is 0 Å². The van der Waals surface area contributed by atoms with Gasteiger partial charge in [-0.25, -0.2) is 8.42 Å². The van der Waals surface area contributed by atoms with Crippen molar-refractivity contribution in [3.8, 4) is 0 Å². The standard InChI is InChI=1S/C17H16ClNO3S/c1-23(21,22)16-15(11-12-5-3-2-4-6-12)19(17(16)20)14-9-7-13(18)8-10-14/h2-10,15-16H,11H2,1H3/t15-,16+/m1/s1. The largest absolute Gasteiger partial charge is 0.306 e. The van der Waals surface area contributed by atoms with Gasteiger partial charge >= 0.3 is 0 Å². The monoisotopic (exact) mass is 349 g/mol. The SMILES string of the molecule is CS(=O)(=O)[C@@H]1C(=O)N(c2ccc(Cl)cc2)[C@@H]1Cc1ccccc1. The van der Waals surface area contributed by atoms with E-state index < -0.39 is 21.1 Å². The van der Waals surface area contributed by atoms with Crippen LogP contribution in [0, 0.1) is 0 Å². The molecule has 0 saturated carbocycles. The molecule has 0 aromatic heterocycles. The highest BCUT2D eigenvalue weighted by atomic mass is 35.5. The predicted molar refractivity (Wildman–Crippen MR) is 91.5 cm³/mol. The summed E-state index contributed by atoms with van der Waals surface area (Å²) in [5.41, 5.74) is 1.66. The summed E-state index contributed by atoms with van der Waals surface area (Å²) >= 11 is 5.88. The molecular weight excluding hydrogens is 334 g/mol. The molecule has 4 nitrogen and oxygen atoms in total. The van der Waals surface area contributed by atoms with Crippen LogP contribution >= 0.6 is 11.6 Å². The van der Waals surface area contributed by atoms with Crippen molar-refractivity contribution in [1.82, 2.24) is 0 Å². The fraction of sp³-hybridized carbons (Fsp3) is 0.235. The molecular formula is C17H16ClNO3S. The molecule has 1 heterocycles. The van der Waals surface area contributed by atoms with Crippen molar-refractivity contribution in [3.05, 3.63) is 65.2 Å². The van der Waals surface area contributed by atoms with E-state index in [9.17, 15) is 13.2 Å². The van der Waals surface area contributed by atoms with Crippen molar-refractivity contribution in [3.63, 3.8) is 0 Å². The maximum absolute atomic E-state index is 12.4. The van der Waals surface area contributed by atoms with Gasteiger partial charge in [0.25, 0.3) is 0 Å². The molecule has 23 heavy (non-hydrogen) atoms. The van der Waals surface area contributed by atoms with Gasteiger partial charge in [0.1, 0.15) is 0 Å². The number of amides is 1. The minimum atomic E-state index is -3.45. The van der Waals surface area contributed by atoms with Gasteiger partial charge in [0.15, 0.2) is 15.1 Å². The van der Waals surface area contributed by atoms with E-state index in [1.54, 1.807) is 29.2 Å². The van der Waals surface area contributed by atoms with Crippen LogP contribution in [0.3, 0.4) is 0 Å². The van der Waals surface area contributed by atoms with Crippen LogP contribution in [0.2, 0.25) is 5.02 Å². The first-order valence-electron chi connectivity index (χ1n) is 7.19. The Labute approximate surface area is 140 Å². The zero-order chi connectivity index (χ0) is 16.6. The lowest BCUT2D eigenvalue weighted by Gasteiger charge is -2.46. The van der Waals surface area contributed by atoms with Crippen molar-refractivity contribution in [2.75, 3.05) is 11.2 Å². The first kappa shape index (κ1) is 16.0. The molecule has 1 amide bonds. The van der Waals surface area contributed by atoms with Crippen molar-refractivity contribution in [2.45, 2.75) is 17.7 Å². The van der Waals surface area contributed by atoms with E-state index in [-0.39, 0.29) is 5.91 Å². The quantitative estimate of drug-likeness (QED) is 0.797. The molecule has 1 saturated heterocycles. The summed E-state index contributed by atoms with van der Waals surface area (Å²) in [7, 11) is -3.45. The molecule has 2 aromatic rings. The lowest BCUT2D eigenvalue weighted by molar-refractivity contribution is -0.123. The highest BCUT2D eigenvalue weighted by Gasteiger charge is 2.53. The van der Waals surface area contributed by atoms with Gasteiger partial charge in [0.05, 0.1) is 6.04 Å². The lowest BCUT2D eigenvalue weighted by atomic mass is 9.93. The Kier molecular flexibility index (Phi) is 4.17. The summed E-state index contributed by atoms with van der Waals surface area (Å²) in [5, 5.41) is -0.417. The molecule has 0 N–H and O–H groups in total. The van der Waals surface area contributed by atoms with Crippen molar-refractivity contribution in [1.29, 1.82) is 0 Å². The third-order valence-corrected chi connectivity index (χ3v) is 5.71. The van der Waals surface area contributed by atoms with Crippen LogP contribution < -0.4 is 4.90 Å². The molecule has 0 unspecified atom stereocenters. The van der Waals surface area contributed by atoms with Crippen LogP contribution in [-0.4, -0.2) is 31.9 Å². The number of carbonyl (C=O) groups excluding carboxylic acids is 1. The van der Waals surface area contributed by atoms with Gasteiger partial charge < -0.3 is 4.90 Å². The van der Waals surface area contributed by atoms with Gasteiger partial charge in [-0.05, 0) is 36.2 Å². The first-order valence-corrected chi connectivity index (χ1v) is 9.52. The minimum Gasteiger partial charge on any atom is -0.306 e. The van der Waals surface area contributed by atoms with Crippen molar-refractivity contribution in [2.24, 2.45) is 0 Å². The Morgan fingerprint density at radius 1 is 1.04 bits per heavy atom. The van der Waals surface area contributed by atoms with Crippen LogP contribution in [0.5, 0.6) is 0 Å². The Bertz CT molecular complexity index is 819. The molecule has 120 valence electrons. The van der Waals surface area contributed by atoms with Gasteiger partial charge in [0.2, 0.25) is 5.91 Å². The highest BCUT2D eigenvalue weighted by molar-refractivity contribution is 7.92.